The van der Waals surface area contributed by atoms with Crippen LogP contribution in [-0.2, 0) is 6.54 Å². The van der Waals surface area contributed by atoms with Crippen molar-refractivity contribution in [3.8, 4) is 11.8 Å². The number of aromatic hydroxyl groups is 1. The minimum absolute atomic E-state index is 0. The number of nitrogens with one attached hydrogen (secondary N) is 1. The molecule has 0 saturated heterocycles. The molecule has 0 amide bonds. The first-order chi connectivity index (χ1) is 7.75. The predicted molar refractivity (Wildman–Crippen MR) is 74.2 cm³/mol. The minimum Gasteiger partial charge on any atom is -0.506 e. The molecule has 0 radical (unpaired) electrons. The Labute approximate surface area is 116 Å². The summed E-state index contributed by atoms with van der Waals surface area (Å²) in [5.41, 5.74) is 0.884. The molecule has 0 fully saturated rings. The summed E-state index contributed by atoms with van der Waals surface area (Å²) in [6, 6.07) is 7.72. The molecule has 2 N–H and O–H groups in total. The van der Waals surface area contributed by atoms with Crippen LogP contribution in [0.2, 0.25) is 0 Å². The van der Waals surface area contributed by atoms with Crippen molar-refractivity contribution in [1.82, 2.24) is 5.32 Å². The maximum atomic E-state index is 9.71. The van der Waals surface area contributed by atoms with Crippen molar-refractivity contribution in [3.63, 3.8) is 0 Å². The molecular formula is C12H16BrClN2O. The van der Waals surface area contributed by atoms with Crippen LogP contribution >= 0.6 is 28.3 Å². The lowest BCUT2D eigenvalue weighted by Gasteiger charge is -2.07. The summed E-state index contributed by atoms with van der Waals surface area (Å²) >= 11 is 3.28. The number of hydrogen-bond acceptors (Lipinski definition) is 3. The lowest BCUT2D eigenvalue weighted by atomic mass is 10.2. The van der Waals surface area contributed by atoms with Crippen molar-refractivity contribution in [1.29, 1.82) is 5.26 Å². The molecule has 94 valence electrons. The lowest BCUT2D eigenvalue weighted by Crippen LogP contribution is -2.14. The molecule has 0 spiro atoms. The predicted octanol–water partition coefficient (Wildman–Crippen LogP) is 3.36. The summed E-state index contributed by atoms with van der Waals surface area (Å²) in [5, 5.41) is 21.3. The molecule has 5 heteroatoms. The maximum Gasteiger partial charge on any atom is 0.134 e. The molecule has 0 saturated carbocycles. The monoisotopic (exact) mass is 318 g/mol. The van der Waals surface area contributed by atoms with Crippen molar-refractivity contribution in [2.24, 2.45) is 0 Å². The Kier molecular flexibility index (Phi) is 8.87. The Bertz CT molecular complexity index is 379. The minimum atomic E-state index is 0. The molecule has 0 unspecified atom stereocenters. The molecule has 1 rings (SSSR count). The normalized spacial score (nSPS) is 9.41. The van der Waals surface area contributed by atoms with Gasteiger partial charge in [0.1, 0.15) is 5.75 Å². The van der Waals surface area contributed by atoms with Crippen molar-refractivity contribution in [3.05, 3.63) is 28.2 Å². The van der Waals surface area contributed by atoms with Crippen LogP contribution in [-0.4, -0.2) is 11.7 Å². The Morgan fingerprint density at radius 2 is 2.12 bits per heavy atom. The van der Waals surface area contributed by atoms with Crippen LogP contribution in [0.4, 0.5) is 0 Å². The molecule has 0 aliphatic rings. The van der Waals surface area contributed by atoms with Gasteiger partial charge in [-0.25, -0.2) is 0 Å². The van der Waals surface area contributed by atoms with Crippen LogP contribution in [0.1, 0.15) is 24.8 Å². The number of halogens is 2. The number of phenols is 1. The molecular weight excluding hydrogens is 304 g/mol. The summed E-state index contributed by atoms with van der Waals surface area (Å²) < 4.78 is 0.719. The highest BCUT2D eigenvalue weighted by Crippen LogP contribution is 2.27. The van der Waals surface area contributed by atoms with E-state index in [-0.39, 0.29) is 12.4 Å². The van der Waals surface area contributed by atoms with Gasteiger partial charge in [-0.1, -0.05) is 12.1 Å². The molecule has 1 aromatic carbocycles. The number of nitrogens with zero attached hydrogens (tertiary/aromatic N) is 1. The standard InChI is InChI=1S/C12H15BrN2O.ClH/c13-11-6-4-5-10(12(11)16)9-15-8-3-1-2-7-14;/h4-6,15-16H,1-3,8-9H2;1H. The van der Waals surface area contributed by atoms with Crippen molar-refractivity contribution in [2.45, 2.75) is 25.8 Å². The van der Waals surface area contributed by atoms with Gasteiger partial charge >= 0.3 is 0 Å². The van der Waals surface area contributed by atoms with Gasteiger partial charge in [-0.3, -0.25) is 0 Å². The molecule has 0 aromatic heterocycles. The van der Waals surface area contributed by atoms with Crippen LogP contribution in [0.25, 0.3) is 0 Å². The van der Waals surface area contributed by atoms with E-state index in [1.165, 1.54) is 0 Å². The lowest BCUT2D eigenvalue weighted by molar-refractivity contribution is 0.460. The highest BCUT2D eigenvalue weighted by Gasteiger charge is 2.03. The molecule has 0 bridgehead atoms. The smallest absolute Gasteiger partial charge is 0.134 e. The second-order valence-electron chi connectivity index (χ2n) is 3.54. The molecule has 3 nitrogen and oxygen atoms in total. The van der Waals surface area contributed by atoms with E-state index in [0.717, 1.165) is 29.4 Å². The van der Waals surface area contributed by atoms with E-state index < -0.39 is 0 Å². The maximum absolute atomic E-state index is 9.71. The third kappa shape index (κ3) is 5.92. The number of para-hydroxylation sites is 1. The average Bonchev–Trinajstić information content (AvgIpc) is 2.29. The number of benzene rings is 1. The Morgan fingerprint density at radius 3 is 2.82 bits per heavy atom. The Balaban J connectivity index is 0.00000256. The molecule has 0 atom stereocenters. The van der Waals surface area contributed by atoms with E-state index in [4.69, 9.17) is 5.26 Å². The zero-order chi connectivity index (χ0) is 11.8. The van der Waals surface area contributed by atoms with Crippen LogP contribution in [0.3, 0.4) is 0 Å². The Morgan fingerprint density at radius 1 is 1.35 bits per heavy atom. The van der Waals surface area contributed by atoms with Gasteiger partial charge in [0.15, 0.2) is 0 Å². The van der Waals surface area contributed by atoms with Gasteiger partial charge in [-0.05, 0) is 41.4 Å². The molecule has 17 heavy (non-hydrogen) atoms. The fraction of sp³-hybridized carbons (Fsp3) is 0.417. The van der Waals surface area contributed by atoms with Gasteiger partial charge in [-0.2, -0.15) is 5.26 Å². The average molecular weight is 320 g/mol. The summed E-state index contributed by atoms with van der Waals surface area (Å²) in [5.74, 6) is 0.298. The van der Waals surface area contributed by atoms with E-state index in [2.05, 4.69) is 27.3 Å². The van der Waals surface area contributed by atoms with Gasteiger partial charge < -0.3 is 10.4 Å². The van der Waals surface area contributed by atoms with Gasteiger partial charge in [0, 0.05) is 18.5 Å². The molecule has 0 aliphatic carbocycles. The summed E-state index contributed by atoms with van der Waals surface area (Å²) in [6.45, 7) is 1.52. The Hall–Kier alpha value is -0.760. The SMILES string of the molecule is Cl.N#CCCCCNCc1cccc(Br)c1O. The number of nitriles is 1. The van der Waals surface area contributed by atoms with Crippen LogP contribution in [0.15, 0.2) is 22.7 Å². The zero-order valence-corrected chi connectivity index (χ0v) is 11.9. The van der Waals surface area contributed by atoms with Gasteiger partial charge in [0.25, 0.3) is 0 Å². The quantitative estimate of drug-likeness (QED) is 0.791. The van der Waals surface area contributed by atoms with Gasteiger partial charge in [0.2, 0.25) is 0 Å². The first-order valence-electron chi connectivity index (χ1n) is 5.29. The number of hydrogen-bond donors (Lipinski definition) is 2. The third-order valence-electron chi connectivity index (χ3n) is 2.28. The second kappa shape index (κ2) is 9.29. The third-order valence-corrected chi connectivity index (χ3v) is 2.92. The van der Waals surface area contributed by atoms with Crippen LogP contribution < -0.4 is 5.32 Å². The highest BCUT2D eigenvalue weighted by atomic mass is 79.9. The van der Waals surface area contributed by atoms with Crippen molar-refractivity contribution in [2.75, 3.05) is 6.54 Å². The van der Waals surface area contributed by atoms with E-state index in [0.29, 0.717) is 18.7 Å². The molecule has 1 aromatic rings. The fourth-order valence-corrected chi connectivity index (χ4v) is 1.79. The van der Waals surface area contributed by atoms with E-state index in [1.54, 1.807) is 0 Å². The summed E-state index contributed by atoms with van der Waals surface area (Å²) in [4.78, 5) is 0. The fourth-order valence-electron chi connectivity index (χ4n) is 1.38. The van der Waals surface area contributed by atoms with Crippen LogP contribution in [0.5, 0.6) is 5.75 Å². The first-order valence-corrected chi connectivity index (χ1v) is 6.09. The second-order valence-corrected chi connectivity index (χ2v) is 4.39. The highest BCUT2D eigenvalue weighted by molar-refractivity contribution is 9.10. The number of unbranched alkanes of at least 4 members (excludes halogenated alkanes) is 2. The summed E-state index contributed by atoms with van der Waals surface area (Å²) in [6.07, 6.45) is 2.53. The van der Waals surface area contributed by atoms with E-state index in [1.807, 2.05) is 18.2 Å². The topological polar surface area (TPSA) is 56.0 Å². The number of phenolic OH excluding ortho intramolecular Hbond substituents is 1. The van der Waals surface area contributed by atoms with Crippen molar-refractivity contribution < 1.29 is 5.11 Å². The van der Waals surface area contributed by atoms with Crippen LogP contribution in [0, 0.1) is 11.3 Å². The van der Waals surface area contributed by atoms with E-state index in [9.17, 15) is 5.11 Å². The number of rotatable bonds is 6. The van der Waals surface area contributed by atoms with Gasteiger partial charge in [-0.15, -0.1) is 12.4 Å². The molecule has 0 aliphatic heterocycles. The largest absolute Gasteiger partial charge is 0.506 e. The van der Waals surface area contributed by atoms with Crippen molar-refractivity contribution >= 4 is 28.3 Å². The first kappa shape index (κ1) is 16.2. The van der Waals surface area contributed by atoms with Gasteiger partial charge in [0.05, 0.1) is 10.5 Å². The molecule has 0 heterocycles. The van der Waals surface area contributed by atoms with E-state index >= 15 is 0 Å². The zero-order valence-electron chi connectivity index (χ0n) is 9.45. The summed E-state index contributed by atoms with van der Waals surface area (Å²) in [7, 11) is 0.